The largest absolute Gasteiger partial charge is 0.461 e. The molecule has 0 heterocycles. The van der Waals surface area contributed by atoms with Gasteiger partial charge in [0.15, 0.2) is 0 Å². The van der Waals surface area contributed by atoms with Crippen molar-refractivity contribution in [2.75, 3.05) is 13.1 Å². The van der Waals surface area contributed by atoms with E-state index in [1.54, 1.807) is 6.92 Å². The minimum absolute atomic E-state index is 0.162. The average molecular weight is 279 g/mol. The molecule has 0 radical (unpaired) electrons. The van der Waals surface area contributed by atoms with Gasteiger partial charge in [0.05, 0.1) is 12.0 Å². The predicted molar refractivity (Wildman–Crippen MR) is 79.2 cm³/mol. The van der Waals surface area contributed by atoms with Crippen molar-refractivity contribution < 1.29 is 14.6 Å². The Hall–Kier alpha value is -1.39. The molecule has 0 aromatic heterocycles. The number of esters is 1. The zero-order valence-electron chi connectivity index (χ0n) is 12.3. The molecule has 1 aromatic rings. The van der Waals surface area contributed by atoms with E-state index in [1.165, 1.54) is 0 Å². The minimum Gasteiger partial charge on any atom is -0.461 e. The van der Waals surface area contributed by atoms with E-state index < -0.39 is 0 Å². The van der Waals surface area contributed by atoms with Crippen molar-refractivity contribution in [2.45, 2.75) is 39.4 Å². The lowest BCUT2D eigenvalue weighted by atomic mass is 10.1. The van der Waals surface area contributed by atoms with Gasteiger partial charge in [0.25, 0.3) is 0 Å². The van der Waals surface area contributed by atoms with Crippen LogP contribution >= 0.6 is 0 Å². The summed E-state index contributed by atoms with van der Waals surface area (Å²) >= 11 is 0. The number of aliphatic hydroxyl groups is 1. The smallest absolute Gasteiger partial charge is 0.310 e. The molecular formula is C16H25NO3. The molecule has 4 nitrogen and oxygen atoms in total. The number of carbonyl (C=O) groups is 1. The fourth-order valence-corrected chi connectivity index (χ4v) is 1.80. The maximum Gasteiger partial charge on any atom is 0.310 e. The molecule has 0 fully saturated rings. The van der Waals surface area contributed by atoms with E-state index in [-0.39, 0.29) is 18.0 Å². The second-order valence-corrected chi connectivity index (χ2v) is 5.19. The number of carbonyl (C=O) groups excluding carboxylic acids is 1. The van der Waals surface area contributed by atoms with E-state index in [1.807, 2.05) is 37.3 Å². The summed E-state index contributed by atoms with van der Waals surface area (Å²) < 4.78 is 5.27. The van der Waals surface area contributed by atoms with Crippen LogP contribution in [0.5, 0.6) is 0 Å². The maximum atomic E-state index is 11.8. The number of hydrogen-bond acceptors (Lipinski definition) is 4. The Bertz CT molecular complexity index is 379. The molecule has 2 N–H and O–H groups in total. The van der Waals surface area contributed by atoms with Crippen molar-refractivity contribution in [2.24, 2.45) is 5.92 Å². The molecular weight excluding hydrogens is 254 g/mol. The number of nitrogens with one attached hydrogen (secondary N) is 1. The summed E-state index contributed by atoms with van der Waals surface area (Å²) in [5, 5.41) is 12.3. The van der Waals surface area contributed by atoms with Gasteiger partial charge in [0.1, 0.15) is 6.61 Å². The first-order valence-electron chi connectivity index (χ1n) is 7.19. The molecule has 0 saturated carbocycles. The molecule has 1 rings (SSSR count). The summed E-state index contributed by atoms with van der Waals surface area (Å²) in [6, 6.07) is 9.66. The van der Waals surface area contributed by atoms with Crippen molar-refractivity contribution >= 4 is 5.97 Å². The van der Waals surface area contributed by atoms with Crippen LogP contribution in [0, 0.1) is 5.92 Å². The highest BCUT2D eigenvalue weighted by Crippen LogP contribution is 2.04. The highest BCUT2D eigenvalue weighted by molar-refractivity contribution is 5.72. The lowest BCUT2D eigenvalue weighted by Crippen LogP contribution is -2.28. The number of aliphatic hydroxyl groups excluding tert-OH is 1. The van der Waals surface area contributed by atoms with Crippen LogP contribution in [-0.4, -0.2) is 30.3 Å². The van der Waals surface area contributed by atoms with Gasteiger partial charge < -0.3 is 15.2 Å². The van der Waals surface area contributed by atoms with Gasteiger partial charge in [0.2, 0.25) is 0 Å². The Balaban J connectivity index is 2.13. The second-order valence-electron chi connectivity index (χ2n) is 5.19. The topological polar surface area (TPSA) is 58.6 Å². The zero-order valence-corrected chi connectivity index (χ0v) is 12.3. The molecule has 0 aliphatic rings. The first-order valence-corrected chi connectivity index (χ1v) is 7.19. The summed E-state index contributed by atoms with van der Waals surface area (Å²) in [4.78, 5) is 11.8. The lowest BCUT2D eigenvalue weighted by Gasteiger charge is -2.12. The second kappa shape index (κ2) is 9.50. The minimum atomic E-state index is -0.259. The molecule has 0 bridgehead atoms. The van der Waals surface area contributed by atoms with E-state index >= 15 is 0 Å². The quantitative estimate of drug-likeness (QED) is 0.537. The van der Waals surface area contributed by atoms with Crippen LogP contribution in [0.3, 0.4) is 0 Å². The molecule has 112 valence electrons. The SMILES string of the molecule is CC(O)CCCNCC(C)C(=O)OCc1ccccc1. The molecule has 20 heavy (non-hydrogen) atoms. The Morgan fingerprint density at radius 1 is 1.30 bits per heavy atom. The Labute approximate surface area is 121 Å². The van der Waals surface area contributed by atoms with Gasteiger partial charge in [-0.2, -0.15) is 0 Å². The highest BCUT2D eigenvalue weighted by atomic mass is 16.5. The fraction of sp³-hybridized carbons (Fsp3) is 0.562. The number of hydrogen-bond donors (Lipinski definition) is 2. The van der Waals surface area contributed by atoms with Crippen molar-refractivity contribution in [1.82, 2.24) is 5.32 Å². The molecule has 4 heteroatoms. The number of ether oxygens (including phenoxy) is 1. The molecule has 0 amide bonds. The van der Waals surface area contributed by atoms with Gasteiger partial charge in [-0.25, -0.2) is 0 Å². The van der Waals surface area contributed by atoms with Crippen LogP contribution in [0.25, 0.3) is 0 Å². The van der Waals surface area contributed by atoms with Crippen molar-refractivity contribution in [3.63, 3.8) is 0 Å². The van der Waals surface area contributed by atoms with Crippen LogP contribution < -0.4 is 5.32 Å². The molecule has 2 atom stereocenters. The first-order chi connectivity index (χ1) is 9.59. The van der Waals surface area contributed by atoms with E-state index in [4.69, 9.17) is 9.84 Å². The van der Waals surface area contributed by atoms with Crippen molar-refractivity contribution in [3.8, 4) is 0 Å². The average Bonchev–Trinajstić information content (AvgIpc) is 2.45. The normalized spacial score (nSPS) is 13.8. The van der Waals surface area contributed by atoms with Crippen LogP contribution in [-0.2, 0) is 16.1 Å². The molecule has 0 aliphatic carbocycles. The van der Waals surface area contributed by atoms with Crippen LogP contribution in [0.15, 0.2) is 30.3 Å². The maximum absolute atomic E-state index is 11.8. The standard InChI is InChI=1S/C16H25NO3/c1-13(11-17-10-6-7-14(2)18)16(19)20-12-15-8-4-3-5-9-15/h3-5,8-9,13-14,17-18H,6-7,10-12H2,1-2H3. The van der Waals surface area contributed by atoms with E-state index in [0.29, 0.717) is 13.2 Å². The third kappa shape index (κ3) is 7.26. The van der Waals surface area contributed by atoms with E-state index in [2.05, 4.69) is 5.32 Å². The first kappa shape index (κ1) is 16.7. The molecule has 2 unspecified atom stereocenters. The van der Waals surface area contributed by atoms with Gasteiger partial charge >= 0.3 is 5.97 Å². The summed E-state index contributed by atoms with van der Waals surface area (Å²) in [6.07, 6.45) is 1.42. The van der Waals surface area contributed by atoms with Crippen LogP contribution in [0.4, 0.5) is 0 Å². The molecule has 1 aromatic carbocycles. The predicted octanol–water partition coefficient (Wildman–Crippen LogP) is 2.12. The van der Waals surface area contributed by atoms with Crippen LogP contribution in [0.1, 0.15) is 32.3 Å². The third-order valence-electron chi connectivity index (χ3n) is 3.05. The Morgan fingerprint density at radius 3 is 2.65 bits per heavy atom. The number of rotatable bonds is 9. The van der Waals surface area contributed by atoms with Crippen molar-refractivity contribution in [1.29, 1.82) is 0 Å². The molecule has 0 aliphatic heterocycles. The van der Waals surface area contributed by atoms with E-state index in [0.717, 1.165) is 24.9 Å². The molecule has 0 saturated heterocycles. The van der Waals surface area contributed by atoms with E-state index in [9.17, 15) is 4.79 Å². The van der Waals surface area contributed by atoms with Gasteiger partial charge in [-0.1, -0.05) is 37.3 Å². The summed E-state index contributed by atoms with van der Waals surface area (Å²) in [5.74, 6) is -0.345. The molecule has 0 spiro atoms. The summed E-state index contributed by atoms with van der Waals surface area (Å²) in [6.45, 7) is 5.37. The highest BCUT2D eigenvalue weighted by Gasteiger charge is 2.13. The zero-order chi connectivity index (χ0) is 14.8. The van der Waals surface area contributed by atoms with Gasteiger partial charge in [0, 0.05) is 6.54 Å². The lowest BCUT2D eigenvalue weighted by molar-refractivity contribution is -0.149. The fourth-order valence-electron chi connectivity index (χ4n) is 1.80. The summed E-state index contributed by atoms with van der Waals surface area (Å²) in [7, 11) is 0. The Kier molecular flexibility index (Phi) is 7.92. The van der Waals surface area contributed by atoms with Gasteiger partial charge in [-0.15, -0.1) is 0 Å². The van der Waals surface area contributed by atoms with Gasteiger partial charge in [-0.05, 0) is 31.9 Å². The van der Waals surface area contributed by atoms with Crippen LogP contribution in [0.2, 0.25) is 0 Å². The van der Waals surface area contributed by atoms with Crippen molar-refractivity contribution in [3.05, 3.63) is 35.9 Å². The number of benzene rings is 1. The monoisotopic (exact) mass is 279 g/mol. The summed E-state index contributed by atoms with van der Waals surface area (Å²) in [5.41, 5.74) is 0.998. The van der Waals surface area contributed by atoms with Gasteiger partial charge in [-0.3, -0.25) is 4.79 Å². The Morgan fingerprint density at radius 2 is 2.00 bits per heavy atom. The third-order valence-corrected chi connectivity index (χ3v) is 3.05.